The fourth-order valence-electron chi connectivity index (χ4n) is 1.81. The molecule has 18 heavy (non-hydrogen) atoms. The summed E-state index contributed by atoms with van der Waals surface area (Å²) in [5, 5.41) is 4.00. The number of hydrogen-bond acceptors (Lipinski definition) is 4. The molecule has 0 bridgehead atoms. The van der Waals surface area contributed by atoms with Gasteiger partial charge in [0.2, 0.25) is 0 Å². The van der Waals surface area contributed by atoms with Crippen LogP contribution >= 0.6 is 22.9 Å². The second-order valence-electron chi connectivity index (χ2n) is 3.95. The van der Waals surface area contributed by atoms with Gasteiger partial charge in [-0.25, -0.2) is 9.97 Å². The van der Waals surface area contributed by atoms with Crippen molar-refractivity contribution in [2.24, 2.45) is 0 Å². The van der Waals surface area contributed by atoms with Gasteiger partial charge in [0.15, 0.2) is 0 Å². The van der Waals surface area contributed by atoms with Crippen LogP contribution in [0.25, 0.3) is 10.2 Å². The minimum absolute atomic E-state index is 0.631. The van der Waals surface area contributed by atoms with E-state index in [1.165, 1.54) is 0 Å². The van der Waals surface area contributed by atoms with Crippen LogP contribution in [0.5, 0.6) is 0 Å². The number of nitrogens with one attached hydrogen (secondary N) is 2. The first-order chi connectivity index (χ1) is 8.75. The first-order valence-corrected chi connectivity index (χ1v) is 6.76. The van der Waals surface area contributed by atoms with Crippen LogP contribution in [-0.4, -0.2) is 15.0 Å². The molecule has 0 radical (unpaired) electrons. The van der Waals surface area contributed by atoms with Crippen molar-refractivity contribution in [2.45, 2.75) is 13.5 Å². The zero-order valence-electron chi connectivity index (χ0n) is 9.70. The number of halogens is 1. The van der Waals surface area contributed by atoms with Crippen LogP contribution in [0.1, 0.15) is 11.4 Å². The molecule has 2 aromatic heterocycles. The maximum atomic E-state index is 6.21. The van der Waals surface area contributed by atoms with Crippen molar-refractivity contribution in [1.29, 1.82) is 0 Å². The lowest BCUT2D eigenvalue weighted by molar-refractivity contribution is 1.05. The molecule has 0 saturated carbocycles. The first-order valence-electron chi connectivity index (χ1n) is 5.50. The molecule has 0 saturated heterocycles. The highest BCUT2D eigenvalue weighted by atomic mass is 35.5. The van der Waals surface area contributed by atoms with Gasteiger partial charge in [0.1, 0.15) is 5.52 Å². The van der Waals surface area contributed by atoms with Crippen molar-refractivity contribution < 1.29 is 0 Å². The molecular weight excluding hydrogens is 268 g/mol. The number of H-pyrrole nitrogens is 1. The average Bonchev–Trinajstić information content (AvgIpc) is 2.97. The third-order valence-electron chi connectivity index (χ3n) is 2.82. The molecule has 2 heterocycles. The van der Waals surface area contributed by atoms with Crippen LogP contribution < -0.4 is 5.32 Å². The van der Waals surface area contributed by atoms with Crippen molar-refractivity contribution in [3.05, 3.63) is 40.4 Å². The molecule has 1 aromatic carbocycles. The fourth-order valence-corrected chi connectivity index (χ4v) is 2.72. The van der Waals surface area contributed by atoms with Crippen LogP contribution in [0.3, 0.4) is 0 Å². The lowest BCUT2D eigenvalue weighted by Crippen LogP contribution is -2.02. The maximum Gasteiger partial charge on any atom is 0.106 e. The van der Waals surface area contributed by atoms with Crippen molar-refractivity contribution in [2.75, 3.05) is 5.32 Å². The molecule has 92 valence electrons. The van der Waals surface area contributed by atoms with Crippen molar-refractivity contribution in [3.8, 4) is 0 Å². The Morgan fingerprint density at radius 2 is 2.28 bits per heavy atom. The second kappa shape index (κ2) is 4.59. The summed E-state index contributed by atoms with van der Waals surface area (Å²) in [5.74, 6) is 0. The standard InChI is InChI=1S/C12H11ClN4S/c1-7-9(16-5-15-7)4-14-11-8(13)2-3-10-12(11)17-6-18-10/h2-3,5-6,14H,4H2,1H3,(H,15,16). The highest BCUT2D eigenvalue weighted by Gasteiger charge is 2.09. The molecule has 0 aliphatic rings. The smallest absolute Gasteiger partial charge is 0.106 e. The van der Waals surface area contributed by atoms with Crippen molar-refractivity contribution in [3.63, 3.8) is 0 Å². The van der Waals surface area contributed by atoms with Crippen molar-refractivity contribution in [1.82, 2.24) is 15.0 Å². The fraction of sp³-hybridized carbons (Fsp3) is 0.167. The number of fused-ring (bicyclic) bond motifs is 1. The SMILES string of the molecule is Cc1[nH]cnc1CNc1c(Cl)ccc2scnc12. The molecule has 0 fully saturated rings. The monoisotopic (exact) mass is 278 g/mol. The molecule has 0 aliphatic carbocycles. The predicted octanol–water partition coefficient (Wildman–Crippen LogP) is 3.59. The van der Waals surface area contributed by atoms with E-state index in [-0.39, 0.29) is 0 Å². The topological polar surface area (TPSA) is 53.6 Å². The molecule has 2 N–H and O–H groups in total. The lowest BCUT2D eigenvalue weighted by atomic mass is 10.2. The number of nitrogens with zero attached hydrogens (tertiary/aromatic N) is 2. The van der Waals surface area contributed by atoms with Crippen molar-refractivity contribution >= 4 is 38.8 Å². The summed E-state index contributed by atoms with van der Waals surface area (Å²) >= 11 is 7.82. The number of anilines is 1. The molecule has 0 amide bonds. The molecule has 4 nitrogen and oxygen atoms in total. The Bertz CT molecular complexity index is 688. The summed E-state index contributed by atoms with van der Waals surface area (Å²) in [4.78, 5) is 11.6. The number of benzene rings is 1. The van der Waals surface area contributed by atoms with E-state index in [1.807, 2.05) is 24.6 Å². The number of aromatic nitrogens is 3. The lowest BCUT2D eigenvalue weighted by Gasteiger charge is -2.08. The van der Waals surface area contributed by atoms with E-state index in [0.717, 1.165) is 27.3 Å². The van der Waals surface area contributed by atoms with E-state index in [4.69, 9.17) is 11.6 Å². The maximum absolute atomic E-state index is 6.21. The summed E-state index contributed by atoms with van der Waals surface area (Å²) in [7, 11) is 0. The van der Waals surface area contributed by atoms with E-state index >= 15 is 0 Å². The molecular formula is C12H11ClN4S. The Balaban J connectivity index is 1.92. The number of hydrogen-bond donors (Lipinski definition) is 2. The van der Waals surface area contributed by atoms with Gasteiger partial charge in [0.05, 0.1) is 39.5 Å². The summed E-state index contributed by atoms with van der Waals surface area (Å²) in [6, 6.07) is 3.88. The minimum Gasteiger partial charge on any atom is -0.376 e. The van der Waals surface area contributed by atoms with Gasteiger partial charge in [0, 0.05) is 5.69 Å². The van der Waals surface area contributed by atoms with E-state index in [2.05, 4.69) is 20.3 Å². The van der Waals surface area contributed by atoms with Crippen LogP contribution in [0.15, 0.2) is 24.0 Å². The molecule has 0 spiro atoms. The molecule has 0 aliphatic heterocycles. The Morgan fingerprint density at radius 3 is 3.06 bits per heavy atom. The largest absolute Gasteiger partial charge is 0.376 e. The van der Waals surface area contributed by atoms with Gasteiger partial charge in [-0.3, -0.25) is 0 Å². The van der Waals surface area contributed by atoms with Crippen LogP contribution in [-0.2, 0) is 6.54 Å². The normalized spacial score (nSPS) is 11.0. The quantitative estimate of drug-likeness (QED) is 0.770. The number of aromatic amines is 1. The second-order valence-corrected chi connectivity index (χ2v) is 5.24. The molecule has 3 aromatic rings. The van der Waals surface area contributed by atoms with E-state index in [1.54, 1.807) is 17.7 Å². The predicted molar refractivity (Wildman–Crippen MR) is 75.3 cm³/mol. The third-order valence-corrected chi connectivity index (χ3v) is 3.93. The Hall–Kier alpha value is -1.59. The number of thiazole rings is 1. The van der Waals surface area contributed by atoms with Crippen LogP contribution in [0.2, 0.25) is 5.02 Å². The van der Waals surface area contributed by atoms with Gasteiger partial charge in [-0.15, -0.1) is 11.3 Å². The Labute approximate surface area is 113 Å². The molecule has 0 atom stereocenters. The summed E-state index contributed by atoms with van der Waals surface area (Å²) in [5.41, 5.74) is 5.66. The van der Waals surface area contributed by atoms with Gasteiger partial charge in [-0.05, 0) is 19.1 Å². The summed E-state index contributed by atoms with van der Waals surface area (Å²) < 4.78 is 1.13. The minimum atomic E-state index is 0.631. The zero-order valence-corrected chi connectivity index (χ0v) is 11.3. The molecule has 3 rings (SSSR count). The van der Waals surface area contributed by atoms with Gasteiger partial charge in [0.25, 0.3) is 0 Å². The highest BCUT2D eigenvalue weighted by molar-refractivity contribution is 7.16. The van der Waals surface area contributed by atoms with Crippen LogP contribution in [0, 0.1) is 6.92 Å². The first kappa shape index (κ1) is 11.5. The third kappa shape index (κ3) is 1.95. The van der Waals surface area contributed by atoms with Gasteiger partial charge in [-0.2, -0.15) is 0 Å². The Kier molecular flexibility index (Phi) is 2.93. The molecule has 0 unspecified atom stereocenters. The van der Waals surface area contributed by atoms with E-state index < -0.39 is 0 Å². The number of rotatable bonds is 3. The van der Waals surface area contributed by atoms with Gasteiger partial charge in [-0.1, -0.05) is 11.6 Å². The van der Waals surface area contributed by atoms with Gasteiger partial charge >= 0.3 is 0 Å². The summed E-state index contributed by atoms with van der Waals surface area (Å²) in [6.07, 6.45) is 1.69. The number of aryl methyl sites for hydroxylation is 1. The van der Waals surface area contributed by atoms with Gasteiger partial charge < -0.3 is 10.3 Å². The highest BCUT2D eigenvalue weighted by Crippen LogP contribution is 2.32. The van der Waals surface area contributed by atoms with E-state index in [0.29, 0.717) is 11.6 Å². The zero-order chi connectivity index (χ0) is 12.5. The average molecular weight is 279 g/mol. The number of imidazole rings is 1. The summed E-state index contributed by atoms with van der Waals surface area (Å²) in [6.45, 7) is 2.63. The van der Waals surface area contributed by atoms with Crippen LogP contribution in [0.4, 0.5) is 5.69 Å². The Morgan fingerprint density at radius 1 is 1.39 bits per heavy atom. The molecule has 6 heteroatoms. The van der Waals surface area contributed by atoms with E-state index in [9.17, 15) is 0 Å².